The molecule has 2 N–H and O–H groups in total. The van der Waals surface area contributed by atoms with Gasteiger partial charge in [-0.2, -0.15) is 0 Å². The highest BCUT2D eigenvalue weighted by molar-refractivity contribution is 5.94. The van der Waals surface area contributed by atoms with E-state index < -0.39 is 0 Å². The minimum Gasteiger partial charge on any atom is -0.350 e. The lowest BCUT2D eigenvalue weighted by Gasteiger charge is -2.22. The molecule has 1 fully saturated rings. The molecule has 0 saturated carbocycles. The molecule has 1 aliphatic rings. The number of amides is 2. The first-order valence-electron chi connectivity index (χ1n) is 6.60. The van der Waals surface area contributed by atoms with Gasteiger partial charge in [0.2, 0.25) is 5.91 Å². The minimum absolute atomic E-state index is 0.153. The van der Waals surface area contributed by atoms with Gasteiger partial charge in [-0.3, -0.25) is 9.59 Å². The molecule has 0 unspecified atom stereocenters. The SMILES string of the molecule is CC(=O)Nc1ccc(C(=O)NO[C@H]2CCCCO2)cc1. The predicted molar refractivity (Wildman–Crippen MR) is 72.9 cm³/mol. The van der Waals surface area contributed by atoms with E-state index in [9.17, 15) is 9.59 Å². The van der Waals surface area contributed by atoms with E-state index >= 15 is 0 Å². The van der Waals surface area contributed by atoms with E-state index in [0.29, 0.717) is 17.9 Å². The Bertz CT molecular complexity index is 467. The van der Waals surface area contributed by atoms with Gasteiger partial charge in [-0.15, -0.1) is 0 Å². The zero-order valence-electron chi connectivity index (χ0n) is 11.3. The topological polar surface area (TPSA) is 76.7 Å². The van der Waals surface area contributed by atoms with E-state index in [-0.39, 0.29) is 18.1 Å². The lowest BCUT2D eigenvalue weighted by Crippen LogP contribution is -2.33. The Labute approximate surface area is 117 Å². The molecule has 1 atom stereocenters. The quantitative estimate of drug-likeness (QED) is 0.824. The standard InChI is InChI=1S/C14H18N2O4/c1-10(17)15-12-7-5-11(6-8-12)14(18)16-20-13-4-2-3-9-19-13/h5-8,13H,2-4,9H2,1H3,(H,15,17)(H,16,18)/t13-/m0/s1. The summed E-state index contributed by atoms with van der Waals surface area (Å²) in [6.45, 7) is 2.09. The Kier molecular flexibility index (Phi) is 5.09. The van der Waals surface area contributed by atoms with Crippen LogP contribution >= 0.6 is 0 Å². The van der Waals surface area contributed by atoms with Crippen LogP contribution in [-0.2, 0) is 14.4 Å². The van der Waals surface area contributed by atoms with Gasteiger partial charge in [0.15, 0.2) is 6.29 Å². The summed E-state index contributed by atoms with van der Waals surface area (Å²) in [5.41, 5.74) is 3.48. The molecule has 20 heavy (non-hydrogen) atoms. The number of hydrogen-bond donors (Lipinski definition) is 2. The zero-order valence-corrected chi connectivity index (χ0v) is 11.3. The van der Waals surface area contributed by atoms with Crippen LogP contribution in [0.25, 0.3) is 0 Å². The van der Waals surface area contributed by atoms with Crippen molar-refractivity contribution in [2.24, 2.45) is 0 Å². The predicted octanol–water partition coefficient (Wildman–Crippen LogP) is 1.83. The van der Waals surface area contributed by atoms with Crippen molar-refractivity contribution in [3.05, 3.63) is 29.8 Å². The monoisotopic (exact) mass is 278 g/mol. The number of benzene rings is 1. The summed E-state index contributed by atoms with van der Waals surface area (Å²) in [6.07, 6.45) is 2.47. The fraction of sp³-hybridized carbons (Fsp3) is 0.429. The van der Waals surface area contributed by atoms with Crippen molar-refractivity contribution < 1.29 is 19.2 Å². The van der Waals surface area contributed by atoms with Crippen LogP contribution in [0.1, 0.15) is 36.5 Å². The second kappa shape index (κ2) is 7.02. The fourth-order valence-corrected chi connectivity index (χ4v) is 1.89. The second-order valence-corrected chi connectivity index (χ2v) is 4.60. The number of carbonyl (C=O) groups excluding carboxylic acids is 2. The molecule has 1 heterocycles. The molecule has 1 aliphatic heterocycles. The highest BCUT2D eigenvalue weighted by Crippen LogP contribution is 2.13. The van der Waals surface area contributed by atoms with E-state index in [1.807, 2.05) is 0 Å². The fourth-order valence-electron chi connectivity index (χ4n) is 1.89. The van der Waals surface area contributed by atoms with E-state index in [4.69, 9.17) is 9.57 Å². The number of nitrogens with one attached hydrogen (secondary N) is 2. The zero-order chi connectivity index (χ0) is 14.4. The van der Waals surface area contributed by atoms with Gasteiger partial charge in [0.1, 0.15) is 0 Å². The van der Waals surface area contributed by atoms with Gasteiger partial charge in [-0.25, -0.2) is 10.3 Å². The maximum absolute atomic E-state index is 11.8. The molecule has 2 rings (SSSR count). The molecular formula is C14H18N2O4. The molecule has 0 aliphatic carbocycles. The van der Waals surface area contributed by atoms with Crippen LogP contribution in [0.2, 0.25) is 0 Å². The van der Waals surface area contributed by atoms with E-state index in [1.54, 1.807) is 24.3 Å². The van der Waals surface area contributed by atoms with Crippen LogP contribution in [0.15, 0.2) is 24.3 Å². The number of carbonyl (C=O) groups is 2. The van der Waals surface area contributed by atoms with Gasteiger partial charge in [-0.05, 0) is 37.1 Å². The second-order valence-electron chi connectivity index (χ2n) is 4.60. The average molecular weight is 278 g/mol. The normalized spacial score (nSPS) is 18.4. The first-order valence-corrected chi connectivity index (χ1v) is 6.60. The number of rotatable bonds is 4. The molecule has 0 aromatic heterocycles. The molecule has 1 aromatic rings. The Hall–Kier alpha value is -1.92. The van der Waals surface area contributed by atoms with E-state index in [0.717, 1.165) is 19.3 Å². The molecule has 0 spiro atoms. The first kappa shape index (κ1) is 14.5. The Balaban J connectivity index is 1.83. The summed E-state index contributed by atoms with van der Waals surface area (Å²) in [5, 5.41) is 2.63. The largest absolute Gasteiger partial charge is 0.350 e. The average Bonchev–Trinajstić information content (AvgIpc) is 2.46. The molecule has 6 heteroatoms. The van der Waals surface area contributed by atoms with Gasteiger partial charge in [0.05, 0.1) is 0 Å². The maximum Gasteiger partial charge on any atom is 0.274 e. The van der Waals surface area contributed by atoms with Gasteiger partial charge in [-0.1, -0.05) is 0 Å². The molecule has 108 valence electrons. The highest BCUT2D eigenvalue weighted by Gasteiger charge is 2.16. The van der Waals surface area contributed by atoms with Crippen molar-refractivity contribution >= 4 is 17.5 Å². The van der Waals surface area contributed by atoms with E-state index in [1.165, 1.54) is 6.92 Å². The van der Waals surface area contributed by atoms with Crippen molar-refractivity contribution in [3.8, 4) is 0 Å². The van der Waals surface area contributed by atoms with Crippen molar-refractivity contribution in [1.82, 2.24) is 5.48 Å². The smallest absolute Gasteiger partial charge is 0.274 e. The Morgan fingerprint density at radius 3 is 2.60 bits per heavy atom. The van der Waals surface area contributed by atoms with Crippen LogP contribution in [0, 0.1) is 0 Å². The van der Waals surface area contributed by atoms with E-state index in [2.05, 4.69) is 10.8 Å². The van der Waals surface area contributed by atoms with Gasteiger partial charge in [0.25, 0.3) is 5.91 Å². The van der Waals surface area contributed by atoms with Crippen molar-refractivity contribution in [1.29, 1.82) is 0 Å². The minimum atomic E-state index is -0.369. The van der Waals surface area contributed by atoms with Crippen LogP contribution in [0.3, 0.4) is 0 Å². The summed E-state index contributed by atoms with van der Waals surface area (Å²) < 4.78 is 5.34. The molecule has 1 aromatic carbocycles. The van der Waals surface area contributed by atoms with Crippen molar-refractivity contribution in [3.63, 3.8) is 0 Å². The molecule has 2 amide bonds. The summed E-state index contributed by atoms with van der Waals surface area (Å²) >= 11 is 0. The van der Waals surface area contributed by atoms with Crippen LogP contribution in [-0.4, -0.2) is 24.7 Å². The highest BCUT2D eigenvalue weighted by atomic mass is 16.8. The number of hydroxylamine groups is 1. The molecule has 0 radical (unpaired) electrons. The van der Waals surface area contributed by atoms with Crippen molar-refractivity contribution in [2.75, 3.05) is 11.9 Å². The number of hydrogen-bond acceptors (Lipinski definition) is 4. The number of anilines is 1. The van der Waals surface area contributed by atoms with Crippen molar-refractivity contribution in [2.45, 2.75) is 32.5 Å². The summed E-state index contributed by atoms with van der Waals surface area (Å²) in [4.78, 5) is 27.9. The lowest BCUT2D eigenvalue weighted by molar-refractivity contribution is -0.186. The lowest BCUT2D eigenvalue weighted by atomic mass is 10.2. The van der Waals surface area contributed by atoms with Gasteiger partial charge < -0.3 is 10.1 Å². The molecule has 6 nitrogen and oxygen atoms in total. The summed E-state index contributed by atoms with van der Waals surface area (Å²) in [5.74, 6) is -0.492. The Morgan fingerprint density at radius 2 is 2.00 bits per heavy atom. The van der Waals surface area contributed by atoms with Crippen LogP contribution in [0.5, 0.6) is 0 Å². The third-order valence-corrected chi connectivity index (χ3v) is 2.89. The molecule has 1 saturated heterocycles. The van der Waals surface area contributed by atoms with Crippen LogP contribution < -0.4 is 10.8 Å². The van der Waals surface area contributed by atoms with Gasteiger partial charge >= 0.3 is 0 Å². The maximum atomic E-state index is 11.8. The third-order valence-electron chi connectivity index (χ3n) is 2.89. The van der Waals surface area contributed by atoms with Crippen LogP contribution in [0.4, 0.5) is 5.69 Å². The third kappa shape index (κ3) is 4.32. The molecule has 0 bridgehead atoms. The Morgan fingerprint density at radius 1 is 1.25 bits per heavy atom. The molecular weight excluding hydrogens is 260 g/mol. The van der Waals surface area contributed by atoms with Gasteiger partial charge in [0, 0.05) is 31.2 Å². The summed E-state index contributed by atoms with van der Waals surface area (Å²) in [6, 6.07) is 6.55. The first-order chi connectivity index (χ1) is 9.65. The number of ether oxygens (including phenoxy) is 1. The summed E-state index contributed by atoms with van der Waals surface area (Å²) in [7, 11) is 0.